The Bertz CT molecular complexity index is 491. The highest BCUT2D eigenvalue weighted by Crippen LogP contribution is 2.17. The van der Waals surface area contributed by atoms with E-state index in [4.69, 9.17) is 5.11 Å². The normalized spacial score (nSPS) is 12.0. The van der Waals surface area contributed by atoms with Crippen LogP contribution in [0.25, 0.3) is 0 Å². The standard InChI is InChI=1S/C14H21N3O4/c1-10(2)12(7-8-18)16-14(19)15-9-11-5-3-4-6-13(11)17(20)21/h3-6,10,12,18H,7-9H2,1-2H3,(H2,15,16,19). The lowest BCUT2D eigenvalue weighted by atomic mass is 10.0. The first-order chi connectivity index (χ1) is 9.95. The molecule has 0 saturated heterocycles. The number of aliphatic hydroxyl groups excluding tert-OH is 1. The Morgan fingerprint density at radius 3 is 2.62 bits per heavy atom. The third kappa shape index (κ3) is 5.39. The van der Waals surface area contributed by atoms with E-state index in [2.05, 4.69) is 10.6 Å². The van der Waals surface area contributed by atoms with Crippen LogP contribution in [0, 0.1) is 16.0 Å². The van der Waals surface area contributed by atoms with Crippen molar-refractivity contribution in [3.05, 3.63) is 39.9 Å². The van der Waals surface area contributed by atoms with E-state index in [1.54, 1.807) is 18.2 Å². The van der Waals surface area contributed by atoms with E-state index in [1.165, 1.54) is 6.07 Å². The van der Waals surface area contributed by atoms with Crippen molar-refractivity contribution in [3.8, 4) is 0 Å². The summed E-state index contributed by atoms with van der Waals surface area (Å²) in [4.78, 5) is 22.2. The van der Waals surface area contributed by atoms with Crippen molar-refractivity contribution in [2.45, 2.75) is 32.9 Å². The molecule has 0 fully saturated rings. The molecule has 0 aromatic heterocycles. The molecular formula is C14H21N3O4. The van der Waals surface area contributed by atoms with Gasteiger partial charge in [0.2, 0.25) is 0 Å². The Morgan fingerprint density at radius 2 is 2.05 bits per heavy atom. The minimum atomic E-state index is -0.475. The summed E-state index contributed by atoms with van der Waals surface area (Å²) in [6, 6.07) is 5.73. The molecule has 0 bridgehead atoms. The van der Waals surface area contributed by atoms with E-state index < -0.39 is 11.0 Å². The molecule has 0 aliphatic rings. The number of amides is 2. The number of aliphatic hydroxyl groups is 1. The molecule has 0 saturated carbocycles. The molecule has 7 heteroatoms. The monoisotopic (exact) mass is 295 g/mol. The van der Waals surface area contributed by atoms with Gasteiger partial charge in [0.1, 0.15) is 0 Å². The van der Waals surface area contributed by atoms with Gasteiger partial charge in [-0.25, -0.2) is 4.79 Å². The highest BCUT2D eigenvalue weighted by molar-refractivity contribution is 5.74. The molecule has 116 valence electrons. The number of urea groups is 1. The number of para-hydroxylation sites is 1. The van der Waals surface area contributed by atoms with Crippen LogP contribution in [0.2, 0.25) is 0 Å². The minimum Gasteiger partial charge on any atom is -0.396 e. The number of carbonyl (C=O) groups is 1. The SMILES string of the molecule is CC(C)C(CCO)NC(=O)NCc1ccccc1[N+](=O)[O-]. The molecular weight excluding hydrogens is 274 g/mol. The summed E-state index contributed by atoms with van der Waals surface area (Å²) in [5.41, 5.74) is 0.425. The van der Waals surface area contributed by atoms with Crippen LogP contribution in [0.5, 0.6) is 0 Å². The number of carbonyl (C=O) groups excluding carboxylic acids is 1. The maximum Gasteiger partial charge on any atom is 0.315 e. The molecule has 7 nitrogen and oxygen atoms in total. The number of hydrogen-bond acceptors (Lipinski definition) is 4. The molecule has 0 spiro atoms. The van der Waals surface area contributed by atoms with Crippen LogP contribution < -0.4 is 10.6 Å². The molecule has 3 N–H and O–H groups in total. The highest BCUT2D eigenvalue weighted by atomic mass is 16.6. The van der Waals surface area contributed by atoms with Gasteiger partial charge in [-0.3, -0.25) is 10.1 Å². The van der Waals surface area contributed by atoms with Crippen LogP contribution in [0.4, 0.5) is 10.5 Å². The molecule has 0 aliphatic heterocycles. The quantitative estimate of drug-likeness (QED) is 0.527. The van der Waals surface area contributed by atoms with Gasteiger partial charge in [0.05, 0.1) is 11.5 Å². The van der Waals surface area contributed by atoms with E-state index in [1.807, 2.05) is 13.8 Å². The zero-order chi connectivity index (χ0) is 15.8. The van der Waals surface area contributed by atoms with Crippen LogP contribution >= 0.6 is 0 Å². The maximum atomic E-state index is 11.8. The lowest BCUT2D eigenvalue weighted by molar-refractivity contribution is -0.385. The zero-order valence-corrected chi connectivity index (χ0v) is 12.2. The Balaban J connectivity index is 2.59. The van der Waals surface area contributed by atoms with Crippen molar-refractivity contribution in [2.75, 3.05) is 6.61 Å². The van der Waals surface area contributed by atoms with Gasteiger partial charge in [-0.1, -0.05) is 32.0 Å². The van der Waals surface area contributed by atoms with Crippen LogP contribution in [0.15, 0.2) is 24.3 Å². The van der Waals surface area contributed by atoms with Gasteiger partial charge >= 0.3 is 6.03 Å². The summed E-state index contributed by atoms with van der Waals surface area (Å²) in [5.74, 6) is 0.189. The van der Waals surface area contributed by atoms with E-state index in [0.29, 0.717) is 12.0 Å². The molecule has 21 heavy (non-hydrogen) atoms. The summed E-state index contributed by atoms with van der Waals surface area (Å²) < 4.78 is 0. The number of nitrogens with one attached hydrogen (secondary N) is 2. The fourth-order valence-corrected chi connectivity index (χ4v) is 1.94. The van der Waals surface area contributed by atoms with Crippen LogP contribution in [-0.2, 0) is 6.54 Å². The second kappa shape index (κ2) is 8.21. The van der Waals surface area contributed by atoms with Gasteiger partial charge in [0, 0.05) is 24.3 Å². The largest absolute Gasteiger partial charge is 0.396 e. The Hall–Kier alpha value is -2.15. The van der Waals surface area contributed by atoms with Gasteiger partial charge in [-0.15, -0.1) is 0 Å². The predicted molar refractivity (Wildman–Crippen MR) is 78.8 cm³/mol. The highest BCUT2D eigenvalue weighted by Gasteiger charge is 2.17. The fourth-order valence-electron chi connectivity index (χ4n) is 1.94. The molecule has 0 aliphatic carbocycles. The van der Waals surface area contributed by atoms with Crippen molar-refractivity contribution in [2.24, 2.45) is 5.92 Å². The maximum absolute atomic E-state index is 11.8. The number of hydrogen-bond donors (Lipinski definition) is 3. The number of nitro benzene ring substituents is 1. The molecule has 1 rings (SSSR count). The Kier molecular flexibility index (Phi) is 6.61. The van der Waals surface area contributed by atoms with E-state index >= 15 is 0 Å². The van der Waals surface area contributed by atoms with Crippen LogP contribution in [-0.4, -0.2) is 28.7 Å². The Morgan fingerprint density at radius 1 is 1.38 bits per heavy atom. The van der Waals surface area contributed by atoms with Gasteiger partial charge in [-0.05, 0) is 12.3 Å². The van der Waals surface area contributed by atoms with Gasteiger partial charge < -0.3 is 15.7 Å². The van der Waals surface area contributed by atoms with Gasteiger partial charge in [-0.2, -0.15) is 0 Å². The smallest absolute Gasteiger partial charge is 0.315 e. The van der Waals surface area contributed by atoms with Crippen molar-refractivity contribution in [1.29, 1.82) is 0 Å². The first kappa shape index (κ1) is 16.9. The van der Waals surface area contributed by atoms with Crippen molar-refractivity contribution < 1.29 is 14.8 Å². The zero-order valence-electron chi connectivity index (χ0n) is 12.2. The van der Waals surface area contributed by atoms with E-state index in [-0.39, 0.29) is 30.8 Å². The third-order valence-electron chi connectivity index (χ3n) is 3.19. The van der Waals surface area contributed by atoms with Crippen molar-refractivity contribution >= 4 is 11.7 Å². The Labute approximate surface area is 123 Å². The summed E-state index contributed by atoms with van der Waals surface area (Å²) in [6.07, 6.45) is 0.469. The fraction of sp³-hybridized carbons (Fsp3) is 0.500. The van der Waals surface area contributed by atoms with Crippen LogP contribution in [0.1, 0.15) is 25.8 Å². The lowest BCUT2D eigenvalue weighted by Gasteiger charge is -2.21. The second-order valence-electron chi connectivity index (χ2n) is 5.08. The average Bonchev–Trinajstić information content (AvgIpc) is 2.44. The summed E-state index contributed by atoms with van der Waals surface area (Å²) in [6.45, 7) is 3.96. The third-order valence-corrected chi connectivity index (χ3v) is 3.19. The van der Waals surface area contributed by atoms with Gasteiger partial charge in [0.25, 0.3) is 5.69 Å². The first-order valence-electron chi connectivity index (χ1n) is 6.83. The van der Waals surface area contributed by atoms with E-state index in [0.717, 1.165) is 0 Å². The predicted octanol–water partition coefficient (Wildman–Crippen LogP) is 1.80. The lowest BCUT2D eigenvalue weighted by Crippen LogP contribution is -2.44. The number of benzene rings is 1. The molecule has 1 unspecified atom stereocenters. The number of nitro groups is 1. The number of rotatable bonds is 7. The van der Waals surface area contributed by atoms with Crippen LogP contribution in [0.3, 0.4) is 0 Å². The molecule has 1 aromatic carbocycles. The van der Waals surface area contributed by atoms with Crippen molar-refractivity contribution in [1.82, 2.24) is 10.6 Å². The summed E-state index contributed by atoms with van der Waals surface area (Å²) in [7, 11) is 0. The average molecular weight is 295 g/mol. The first-order valence-corrected chi connectivity index (χ1v) is 6.83. The molecule has 0 radical (unpaired) electrons. The molecule has 1 atom stereocenters. The molecule has 2 amide bonds. The van der Waals surface area contributed by atoms with Crippen molar-refractivity contribution in [3.63, 3.8) is 0 Å². The van der Waals surface area contributed by atoms with E-state index in [9.17, 15) is 14.9 Å². The molecule has 0 heterocycles. The number of nitrogens with zero attached hydrogens (tertiary/aromatic N) is 1. The minimum absolute atomic E-state index is 0.00666. The van der Waals surface area contributed by atoms with Gasteiger partial charge in [0.15, 0.2) is 0 Å². The summed E-state index contributed by atoms with van der Waals surface area (Å²) in [5, 5.41) is 25.2. The topological polar surface area (TPSA) is 104 Å². The summed E-state index contributed by atoms with van der Waals surface area (Å²) >= 11 is 0. The molecule has 1 aromatic rings. The second-order valence-corrected chi connectivity index (χ2v) is 5.08.